The number of aromatic amines is 1. The van der Waals surface area contributed by atoms with E-state index in [1.807, 2.05) is 0 Å². The average molecular weight is 208 g/mol. The van der Waals surface area contributed by atoms with Gasteiger partial charge >= 0.3 is 0 Å². The SMILES string of the molecule is CCN1CCCC1Cc1cc(CN)[nH]n1. The summed E-state index contributed by atoms with van der Waals surface area (Å²) < 4.78 is 0. The molecule has 0 aliphatic carbocycles. The highest BCUT2D eigenvalue weighted by atomic mass is 15.2. The number of H-pyrrole nitrogens is 1. The van der Waals surface area contributed by atoms with Crippen molar-refractivity contribution in [2.75, 3.05) is 13.1 Å². The minimum Gasteiger partial charge on any atom is -0.325 e. The van der Waals surface area contributed by atoms with Gasteiger partial charge in [-0.2, -0.15) is 5.10 Å². The zero-order valence-corrected chi connectivity index (χ0v) is 9.37. The van der Waals surface area contributed by atoms with E-state index in [9.17, 15) is 0 Å². The zero-order valence-electron chi connectivity index (χ0n) is 9.37. The van der Waals surface area contributed by atoms with Crippen LogP contribution in [0.5, 0.6) is 0 Å². The molecule has 1 fully saturated rings. The van der Waals surface area contributed by atoms with Gasteiger partial charge in [0.15, 0.2) is 0 Å². The minimum atomic E-state index is 0.551. The van der Waals surface area contributed by atoms with Crippen LogP contribution in [0.1, 0.15) is 31.2 Å². The Labute approximate surface area is 90.8 Å². The Kier molecular flexibility index (Phi) is 3.38. The van der Waals surface area contributed by atoms with E-state index in [1.54, 1.807) is 0 Å². The molecule has 1 aromatic rings. The molecule has 1 aromatic heterocycles. The molecule has 0 aromatic carbocycles. The number of aromatic nitrogens is 2. The predicted octanol–water partition coefficient (Wildman–Crippen LogP) is 0.895. The molecular formula is C11H20N4. The minimum absolute atomic E-state index is 0.551. The lowest BCUT2D eigenvalue weighted by Crippen LogP contribution is -2.30. The summed E-state index contributed by atoms with van der Waals surface area (Å²) in [7, 11) is 0. The lowest BCUT2D eigenvalue weighted by Gasteiger charge is -2.21. The van der Waals surface area contributed by atoms with E-state index in [0.717, 1.165) is 24.4 Å². The Hall–Kier alpha value is -0.870. The van der Waals surface area contributed by atoms with E-state index in [1.165, 1.54) is 19.4 Å². The van der Waals surface area contributed by atoms with Gasteiger partial charge in [0.05, 0.1) is 5.69 Å². The third-order valence-electron chi connectivity index (χ3n) is 3.25. The number of rotatable bonds is 4. The summed E-state index contributed by atoms with van der Waals surface area (Å²) in [5.41, 5.74) is 7.73. The molecule has 1 aliphatic heterocycles. The maximum atomic E-state index is 5.54. The van der Waals surface area contributed by atoms with E-state index >= 15 is 0 Å². The Balaban J connectivity index is 1.95. The number of hydrogen-bond donors (Lipinski definition) is 2. The van der Waals surface area contributed by atoms with Crippen LogP contribution in [-0.2, 0) is 13.0 Å². The van der Waals surface area contributed by atoms with Crippen LogP contribution in [0.25, 0.3) is 0 Å². The van der Waals surface area contributed by atoms with E-state index < -0.39 is 0 Å². The van der Waals surface area contributed by atoms with Crippen LogP contribution in [0.15, 0.2) is 6.07 Å². The van der Waals surface area contributed by atoms with Gasteiger partial charge in [-0.25, -0.2) is 0 Å². The summed E-state index contributed by atoms with van der Waals surface area (Å²) in [6.45, 7) is 5.18. The maximum Gasteiger partial charge on any atom is 0.0641 e. The molecule has 2 rings (SSSR count). The molecule has 1 saturated heterocycles. The van der Waals surface area contributed by atoms with E-state index in [4.69, 9.17) is 5.73 Å². The molecule has 1 aliphatic rings. The molecule has 0 spiro atoms. The summed E-state index contributed by atoms with van der Waals surface area (Å²) in [6, 6.07) is 2.77. The number of likely N-dealkylation sites (N-methyl/N-ethyl adjacent to an activating group) is 1. The van der Waals surface area contributed by atoms with Crippen LogP contribution in [0.2, 0.25) is 0 Å². The van der Waals surface area contributed by atoms with Gasteiger partial charge in [-0.15, -0.1) is 0 Å². The second kappa shape index (κ2) is 4.77. The van der Waals surface area contributed by atoms with Gasteiger partial charge in [0.25, 0.3) is 0 Å². The first-order valence-corrected chi connectivity index (χ1v) is 5.80. The molecule has 15 heavy (non-hydrogen) atoms. The number of likely N-dealkylation sites (tertiary alicyclic amines) is 1. The summed E-state index contributed by atoms with van der Waals surface area (Å²) in [5, 5.41) is 7.26. The smallest absolute Gasteiger partial charge is 0.0641 e. The van der Waals surface area contributed by atoms with Gasteiger partial charge < -0.3 is 10.6 Å². The zero-order chi connectivity index (χ0) is 10.7. The Bertz CT molecular complexity index is 307. The van der Waals surface area contributed by atoms with Gasteiger partial charge in [-0.1, -0.05) is 6.92 Å². The molecule has 2 heterocycles. The van der Waals surface area contributed by atoms with Crippen molar-refractivity contribution in [1.82, 2.24) is 15.1 Å². The standard InChI is InChI=1S/C11H20N4/c1-2-15-5-3-4-11(15)7-9-6-10(8-12)14-13-9/h6,11H,2-5,7-8,12H2,1H3,(H,13,14). The van der Waals surface area contributed by atoms with Crippen molar-refractivity contribution < 1.29 is 0 Å². The van der Waals surface area contributed by atoms with Crippen molar-refractivity contribution in [1.29, 1.82) is 0 Å². The lowest BCUT2D eigenvalue weighted by atomic mass is 10.1. The summed E-state index contributed by atoms with van der Waals surface area (Å²) >= 11 is 0. The summed E-state index contributed by atoms with van der Waals surface area (Å²) in [6.07, 6.45) is 3.69. The molecular weight excluding hydrogens is 188 g/mol. The molecule has 4 heteroatoms. The molecule has 84 valence electrons. The molecule has 0 radical (unpaired) electrons. The molecule has 3 N–H and O–H groups in total. The molecule has 1 atom stereocenters. The number of nitrogens with two attached hydrogens (primary N) is 1. The van der Waals surface area contributed by atoms with Crippen LogP contribution in [0.4, 0.5) is 0 Å². The number of nitrogens with one attached hydrogen (secondary N) is 1. The second-order valence-corrected chi connectivity index (χ2v) is 4.22. The van der Waals surface area contributed by atoms with E-state index in [2.05, 4.69) is 28.1 Å². The van der Waals surface area contributed by atoms with Gasteiger partial charge in [-0.05, 0) is 32.0 Å². The monoisotopic (exact) mass is 208 g/mol. The molecule has 4 nitrogen and oxygen atoms in total. The maximum absolute atomic E-state index is 5.54. The van der Waals surface area contributed by atoms with Crippen LogP contribution < -0.4 is 5.73 Å². The highest BCUT2D eigenvalue weighted by Gasteiger charge is 2.23. The van der Waals surface area contributed by atoms with Crippen LogP contribution >= 0.6 is 0 Å². The largest absolute Gasteiger partial charge is 0.325 e. The summed E-state index contributed by atoms with van der Waals surface area (Å²) in [4.78, 5) is 2.54. The molecule has 0 saturated carbocycles. The first kappa shape index (κ1) is 10.6. The highest BCUT2D eigenvalue weighted by Crippen LogP contribution is 2.20. The fraction of sp³-hybridized carbons (Fsp3) is 0.727. The van der Waals surface area contributed by atoms with Crippen molar-refractivity contribution in [3.63, 3.8) is 0 Å². The number of hydrogen-bond acceptors (Lipinski definition) is 3. The van der Waals surface area contributed by atoms with Crippen LogP contribution in [-0.4, -0.2) is 34.2 Å². The topological polar surface area (TPSA) is 57.9 Å². The van der Waals surface area contributed by atoms with E-state index in [0.29, 0.717) is 12.6 Å². The first-order valence-electron chi connectivity index (χ1n) is 5.80. The second-order valence-electron chi connectivity index (χ2n) is 4.22. The highest BCUT2D eigenvalue weighted by molar-refractivity contribution is 5.10. The van der Waals surface area contributed by atoms with Crippen molar-refractivity contribution in [3.05, 3.63) is 17.5 Å². The Morgan fingerprint density at radius 3 is 3.20 bits per heavy atom. The molecule has 0 amide bonds. The summed E-state index contributed by atoms with van der Waals surface area (Å²) in [5.74, 6) is 0. The van der Waals surface area contributed by atoms with Gasteiger partial charge in [0.1, 0.15) is 0 Å². The fourth-order valence-corrected chi connectivity index (χ4v) is 2.40. The fourth-order valence-electron chi connectivity index (χ4n) is 2.40. The molecule has 0 bridgehead atoms. The normalized spacial score (nSPS) is 22.4. The van der Waals surface area contributed by atoms with E-state index in [-0.39, 0.29) is 0 Å². The quantitative estimate of drug-likeness (QED) is 0.772. The van der Waals surface area contributed by atoms with Crippen molar-refractivity contribution in [2.24, 2.45) is 5.73 Å². The van der Waals surface area contributed by atoms with Crippen LogP contribution in [0, 0.1) is 0 Å². The van der Waals surface area contributed by atoms with Crippen molar-refractivity contribution in [3.8, 4) is 0 Å². The van der Waals surface area contributed by atoms with Gasteiger partial charge in [-0.3, -0.25) is 5.10 Å². The number of nitrogens with zero attached hydrogens (tertiary/aromatic N) is 2. The van der Waals surface area contributed by atoms with Crippen LogP contribution in [0.3, 0.4) is 0 Å². The average Bonchev–Trinajstić information content (AvgIpc) is 2.87. The van der Waals surface area contributed by atoms with Gasteiger partial charge in [0, 0.05) is 24.7 Å². The third kappa shape index (κ3) is 2.38. The van der Waals surface area contributed by atoms with Gasteiger partial charge in [0.2, 0.25) is 0 Å². The van der Waals surface area contributed by atoms with Crippen molar-refractivity contribution in [2.45, 2.75) is 38.8 Å². The first-order chi connectivity index (χ1) is 7.33. The Morgan fingerprint density at radius 2 is 2.53 bits per heavy atom. The molecule has 1 unspecified atom stereocenters. The third-order valence-corrected chi connectivity index (χ3v) is 3.25. The predicted molar refractivity (Wildman–Crippen MR) is 60.5 cm³/mol. The van der Waals surface area contributed by atoms with Crippen molar-refractivity contribution >= 4 is 0 Å². The Morgan fingerprint density at radius 1 is 1.67 bits per heavy atom. The lowest BCUT2D eigenvalue weighted by molar-refractivity contribution is 0.264.